The number of nitrogens with two attached hydrogens (primary N) is 1. The molecule has 1 aliphatic rings. The molecule has 1 aliphatic heterocycles. The van der Waals surface area contributed by atoms with Gasteiger partial charge in [-0.15, -0.1) is 0 Å². The predicted octanol–water partition coefficient (Wildman–Crippen LogP) is 1.08. The summed E-state index contributed by atoms with van der Waals surface area (Å²) in [4.78, 5) is 24.3. The molecule has 1 amide bonds. The zero-order chi connectivity index (χ0) is 14.0. The quantitative estimate of drug-likeness (QED) is 0.850. The Labute approximate surface area is 112 Å². The summed E-state index contributed by atoms with van der Waals surface area (Å²) in [6.45, 7) is 3.25. The van der Waals surface area contributed by atoms with Gasteiger partial charge < -0.3 is 10.8 Å². The number of carbonyl (C=O) groups excluding carboxylic acids is 1. The third-order valence-electron chi connectivity index (χ3n) is 3.65. The van der Waals surface area contributed by atoms with Crippen LogP contribution in [0.4, 0.5) is 0 Å². The summed E-state index contributed by atoms with van der Waals surface area (Å²) in [6.07, 6.45) is 0.881. The van der Waals surface area contributed by atoms with Crippen LogP contribution < -0.4 is 5.73 Å². The van der Waals surface area contributed by atoms with E-state index in [0.717, 1.165) is 18.5 Å². The summed E-state index contributed by atoms with van der Waals surface area (Å²) in [5.74, 6) is -1.10. The molecule has 0 saturated carbocycles. The SMILES string of the molecule is CC1CCN(Cc2cccc(C(N)=O)c2)C1C(=O)O. The minimum atomic E-state index is -0.781. The first-order valence-electron chi connectivity index (χ1n) is 6.34. The van der Waals surface area contributed by atoms with Crippen molar-refractivity contribution in [2.75, 3.05) is 6.54 Å². The van der Waals surface area contributed by atoms with Gasteiger partial charge in [0.15, 0.2) is 0 Å². The fourth-order valence-corrected chi connectivity index (χ4v) is 2.66. The van der Waals surface area contributed by atoms with E-state index in [1.54, 1.807) is 18.2 Å². The predicted molar refractivity (Wildman–Crippen MR) is 70.6 cm³/mol. The van der Waals surface area contributed by atoms with Crippen LogP contribution in [0.15, 0.2) is 24.3 Å². The highest BCUT2D eigenvalue weighted by Crippen LogP contribution is 2.26. The molecule has 2 rings (SSSR count). The second-order valence-corrected chi connectivity index (χ2v) is 5.08. The van der Waals surface area contributed by atoms with E-state index in [1.165, 1.54) is 0 Å². The number of rotatable bonds is 4. The lowest BCUT2D eigenvalue weighted by Gasteiger charge is -2.23. The van der Waals surface area contributed by atoms with Crippen LogP contribution in [0.2, 0.25) is 0 Å². The van der Waals surface area contributed by atoms with E-state index in [9.17, 15) is 14.7 Å². The Morgan fingerprint density at radius 3 is 2.84 bits per heavy atom. The molecule has 1 fully saturated rings. The molecule has 0 spiro atoms. The van der Waals surface area contributed by atoms with Gasteiger partial charge in [0.1, 0.15) is 6.04 Å². The number of aliphatic carboxylic acids is 1. The highest BCUT2D eigenvalue weighted by atomic mass is 16.4. The molecule has 0 bridgehead atoms. The molecular weight excluding hydrogens is 244 g/mol. The highest BCUT2D eigenvalue weighted by Gasteiger charge is 2.36. The van der Waals surface area contributed by atoms with Crippen molar-refractivity contribution in [2.45, 2.75) is 25.9 Å². The minimum Gasteiger partial charge on any atom is -0.480 e. The van der Waals surface area contributed by atoms with Crippen LogP contribution in [0.5, 0.6) is 0 Å². The van der Waals surface area contributed by atoms with Gasteiger partial charge in [0.05, 0.1) is 0 Å². The topological polar surface area (TPSA) is 83.6 Å². The standard InChI is InChI=1S/C14H18N2O3/c1-9-5-6-16(12(9)14(18)19)8-10-3-2-4-11(7-10)13(15)17/h2-4,7,9,12H,5-6,8H2,1H3,(H2,15,17)(H,18,19). The number of amides is 1. The lowest BCUT2D eigenvalue weighted by atomic mass is 10.0. The van der Waals surface area contributed by atoms with Crippen molar-refractivity contribution in [1.82, 2.24) is 4.90 Å². The second kappa shape index (κ2) is 5.40. The normalized spacial score (nSPS) is 23.4. The Morgan fingerprint density at radius 1 is 1.47 bits per heavy atom. The maximum absolute atomic E-state index is 11.3. The van der Waals surface area contributed by atoms with Gasteiger partial charge in [0, 0.05) is 12.1 Å². The van der Waals surface area contributed by atoms with Crippen molar-refractivity contribution < 1.29 is 14.7 Å². The van der Waals surface area contributed by atoms with Gasteiger partial charge in [-0.3, -0.25) is 14.5 Å². The van der Waals surface area contributed by atoms with Gasteiger partial charge in [-0.1, -0.05) is 19.1 Å². The Morgan fingerprint density at radius 2 is 2.21 bits per heavy atom. The molecule has 5 heteroatoms. The molecule has 0 aliphatic carbocycles. The van der Waals surface area contributed by atoms with Crippen LogP contribution in [-0.2, 0) is 11.3 Å². The van der Waals surface area contributed by atoms with Gasteiger partial charge in [-0.05, 0) is 36.6 Å². The van der Waals surface area contributed by atoms with Gasteiger partial charge in [0.2, 0.25) is 5.91 Å². The number of likely N-dealkylation sites (tertiary alicyclic amines) is 1. The Bertz CT molecular complexity index is 501. The van der Waals surface area contributed by atoms with E-state index < -0.39 is 17.9 Å². The third-order valence-corrected chi connectivity index (χ3v) is 3.65. The van der Waals surface area contributed by atoms with Crippen LogP contribution >= 0.6 is 0 Å². The number of nitrogens with zero attached hydrogens (tertiary/aromatic N) is 1. The first kappa shape index (κ1) is 13.5. The molecule has 102 valence electrons. The Kier molecular flexibility index (Phi) is 3.85. The Hall–Kier alpha value is -1.88. The molecule has 1 aromatic carbocycles. The van der Waals surface area contributed by atoms with E-state index in [-0.39, 0.29) is 5.92 Å². The van der Waals surface area contributed by atoms with Gasteiger partial charge >= 0.3 is 5.97 Å². The maximum Gasteiger partial charge on any atom is 0.321 e. The number of hydrogen-bond donors (Lipinski definition) is 2. The molecule has 2 atom stereocenters. The van der Waals surface area contributed by atoms with Crippen LogP contribution in [0.1, 0.15) is 29.3 Å². The lowest BCUT2D eigenvalue weighted by molar-refractivity contribution is -0.143. The summed E-state index contributed by atoms with van der Waals surface area (Å²) in [7, 11) is 0. The van der Waals surface area contributed by atoms with E-state index in [0.29, 0.717) is 12.1 Å². The molecule has 0 aromatic heterocycles. The molecule has 3 N–H and O–H groups in total. The van der Waals surface area contributed by atoms with E-state index in [1.807, 2.05) is 17.9 Å². The summed E-state index contributed by atoms with van der Waals surface area (Å²) in [6, 6.07) is 6.59. The Balaban J connectivity index is 2.14. The van der Waals surface area contributed by atoms with Crippen LogP contribution in [0.3, 0.4) is 0 Å². The van der Waals surface area contributed by atoms with Gasteiger partial charge in [-0.2, -0.15) is 0 Å². The van der Waals surface area contributed by atoms with Crippen LogP contribution in [0.25, 0.3) is 0 Å². The molecular formula is C14H18N2O3. The van der Waals surface area contributed by atoms with Gasteiger partial charge in [0.25, 0.3) is 0 Å². The molecule has 1 aromatic rings. The molecule has 1 saturated heterocycles. The van der Waals surface area contributed by atoms with Crippen molar-refractivity contribution in [1.29, 1.82) is 0 Å². The fourth-order valence-electron chi connectivity index (χ4n) is 2.66. The van der Waals surface area contributed by atoms with E-state index in [2.05, 4.69) is 0 Å². The first-order valence-corrected chi connectivity index (χ1v) is 6.34. The van der Waals surface area contributed by atoms with Crippen molar-refractivity contribution in [3.8, 4) is 0 Å². The number of carboxylic acids is 1. The number of benzene rings is 1. The van der Waals surface area contributed by atoms with Crippen molar-refractivity contribution in [3.05, 3.63) is 35.4 Å². The average Bonchev–Trinajstić information content (AvgIpc) is 2.70. The summed E-state index contributed by atoms with van der Waals surface area (Å²) in [5, 5.41) is 9.26. The number of primary amides is 1. The molecule has 5 nitrogen and oxygen atoms in total. The first-order chi connectivity index (χ1) is 8.99. The second-order valence-electron chi connectivity index (χ2n) is 5.08. The summed E-state index contributed by atoms with van der Waals surface area (Å²) in [5.41, 5.74) is 6.61. The van der Waals surface area contributed by atoms with Crippen molar-refractivity contribution in [2.24, 2.45) is 11.7 Å². The maximum atomic E-state index is 11.3. The highest BCUT2D eigenvalue weighted by molar-refractivity contribution is 5.92. The third kappa shape index (κ3) is 2.93. The minimum absolute atomic E-state index is 0.150. The van der Waals surface area contributed by atoms with Crippen LogP contribution in [-0.4, -0.2) is 34.5 Å². The number of carboxylic acid groups (broad SMARTS) is 1. The van der Waals surface area contributed by atoms with E-state index >= 15 is 0 Å². The zero-order valence-electron chi connectivity index (χ0n) is 10.9. The monoisotopic (exact) mass is 262 g/mol. The molecule has 0 radical (unpaired) electrons. The zero-order valence-corrected chi connectivity index (χ0v) is 10.9. The van der Waals surface area contributed by atoms with Crippen LogP contribution in [0, 0.1) is 5.92 Å². The number of carbonyl (C=O) groups is 2. The van der Waals surface area contributed by atoms with Gasteiger partial charge in [-0.25, -0.2) is 0 Å². The molecule has 19 heavy (non-hydrogen) atoms. The summed E-state index contributed by atoms with van der Waals surface area (Å²) >= 11 is 0. The molecule has 2 unspecified atom stereocenters. The van der Waals surface area contributed by atoms with E-state index in [4.69, 9.17) is 5.73 Å². The smallest absolute Gasteiger partial charge is 0.321 e. The fraction of sp³-hybridized carbons (Fsp3) is 0.429. The van der Waals surface area contributed by atoms with Crippen molar-refractivity contribution >= 4 is 11.9 Å². The lowest BCUT2D eigenvalue weighted by Crippen LogP contribution is -2.38. The number of hydrogen-bond acceptors (Lipinski definition) is 3. The average molecular weight is 262 g/mol. The largest absolute Gasteiger partial charge is 0.480 e. The summed E-state index contributed by atoms with van der Waals surface area (Å²) < 4.78 is 0. The molecule has 1 heterocycles. The van der Waals surface area contributed by atoms with Crippen molar-refractivity contribution in [3.63, 3.8) is 0 Å².